The van der Waals surface area contributed by atoms with Gasteiger partial charge in [0.15, 0.2) is 0 Å². The Hall–Kier alpha value is -0.670. The van der Waals surface area contributed by atoms with E-state index in [9.17, 15) is 5.11 Å². The lowest BCUT2D eigenvalue weighted by Gasteiger charge is -2.14. The fraction of sp³-hybridized carbons (Fsp3) is 0.500. The van der Waals surface area contributed by atoms with Gasteiger partial charge in [0.1, 0.15) is 5.75 Å². The zero-order chi connectivity index (χ0) is 10.8. The zero-order valence-electron chi connectivity index (χ0n) is 9.06. The molecule has 0 saturated heterocycles. The Morgan fingerprint density at radius 1 is 1.47 bits per heavy atom. The van der Waals surface area contributed by atoms with Crippen molar-refractivity contribution in [2.24, 2.45) is 0 Å². The topological polar surface area (TPSA) is 29.5 Å². The largest absolute Gasteiger partial charge is 0.496 e. The van der Waals surface area contributed by atoms with Crippen molar-refractivity contribution in [2.45, 2.75) is 30.5 Å². The van der Waals surface area contributed by atoms with Gasteiger partial charge in [0, 0.05) is 16.6 Å². The lowest BCUT2D eigenvalue weighted by atomic mass is 9.99. The van der Waals surface area contributed by atoms with Crippen LogP contribution in [0.3, 0.4) is 0 Å². The first kappa shape index (κ1) is 10.8. The first-order valence-corrected chi connectivity index (χ1v) is 6.22. The van der Waals surface area contributed by atoms with Crippen LogP contribution < -0.4 is 4.74 Å². The van der Waals surface area contributed by atoms with Crippen molar-refractivity contribution in [3.05, 3.63) is 29.3 Å². The molecule has 1 heterocycles. The van der Waals surface area contributed by atoms with Gasteiger partial charge in [-0.05, 0) is 18.1 Å². The number of aliphatic hydroxyl groups is 1. The molecule has 2 rings (SSSR count). The third-order valence-electron chi connectivity index (χ3n) is 2.82. The van der Waals surface area contributed by atoms with E-state index < -0.39 is 0 Å². The smallest absolute Gasteiger partial charge is 0.123 e. The van der Waals surface area contributed by atoms with Crippen molar-refractivity contribution >= 4 is 11.8 Å². The van der Waals surface area contributed by atoms with Gasteiger partial charge in [-0.1, -0.05) is 19.1 Å². The lowest BCUT2D eigenvalue weighted by Crippen LogP contribution is -2.04. The Balaban J connectivity index is 2.43. The van der Waals surface area contributed by atoms with E-state index in [1.165, 1.54) is 0 Å². The van der Waals surface area contributed by atoms with Crippen LogP contribution in [0.1, 0.15) is 30.6 Å². The quantitative estimate of drug-likeness (QED) is 0.795. The Morgan fingerprint density at radius 2 is 2.27 bits per heavy atom. The summed E-state index contributed by atoms with van der Waals surface area (Å²) in [5.74, 6) is 1.82. The van der Waals surface area contributed by atoms with Crippen LogP contribution in [0.25, 0.3) is 0 Å². The Bertz CT molecular complexity index is 351. The maximum absolute atomic E-state index is 10.1. The summed E-state index contributed by atoms with van der Waals surface area (Å²) in [7, 11) is 1.68. The van der Waals surface area contributed by atoms with Gasteiger partial charge in [-0.2, -0.15) is 11.8 Å². The second-order valence-electron chi connectivity index (χ2n) is 3.90. The Kier molecular flexibility index (Phi) is 3.22. The van der Waals surface area contributed by atoms with Gasteiger partial charge in [-0.25, -0.2) is 0 Å². The molecule has 1 aromatic carbocycles. The standard InChI is InChI=1S/C12H16O2S/c1-8-6-11(13)9-4-3-5-12(14-2)10(9)7-15-8/h3-5,8,11,13H,6-7H2,1-2H3/t8?,11-/m1/s1. The molecular formula is C12H16O2S. The maximum atomic E-state index is 10.1. The van der Waals surface area contributed by atoms with E-state index in [2.05, 4.69) is 6.92 Å². The van der Waals surface area contributed by atoms with Crippen LogP contribution in [0, 0.1) is 0 Å². The van der Waals surface area contributed by atoms with Crippen LogP contribution in [0.5, 0.6) is 5.75 Å². The number of thioether (sulfide) groups is 1. The number of methoxy groups -OCH3 is 1. The van der Waals surface area contributed by atoms with Crippen molar-refractivity contribution in [2.75, 3.05) is 7.11 Å². The molecular weight excluding hydrogens is 208 g/mol. The molecule has 1 aliphatic rings. The third-order valence-corrected chi connectivity index (χ3v) is 4.03. The first-order chi connectivity index (χ1) is 7.22. The molecule has 0 amide bonds. The molecule has 15 heavy (non-hydrogen) atoms. The summed E-state index contributed by atoms with van der Waals surface area (Å²) < 4.78 is 5.33. The number of hydrogen-bond acceptors (Lipinski definition) is 3. The predicted molar refractivity (Wildman–Crippen MR) is 63.3 cm³/mol. The summed E-state index contributed by atoms with van der Waals surface area (Å²) >= 11 is 1.87. The maximum Gasteiger partial charge on any atom is 0.123 e. The van der Waals surface area contributed by atoms with Crippen LogP contribution in [0.2, 0.25) is 0 Å². The molecule has 82 valence electrons. The molecule has 1 N–H and O–H groups in total. The van der Waals surface area contributed by atoms with E-state index in [0.29, 0.717) is 5.25 Å². The number of fused-ring (bicyclic) bond motifs is 1. The van der Waals surface area contributed by atoms with Crippen molar-refractivity contribution in [3.8, 4) is 5.75 Å². The third kappa shape index (κ3) is 2.13. The van der Waals surface area contributed by atoms with Gasteiger partial charge in [0.05, 0.1) is 13.2 Å². The summed E-state index contributed by atoms with van der Waals surface area (Å²) in [6.07, 6.45) is 0.477. The molecule has 3 heteroatoms. The molecule has 0 fully saturated rings. The van der Waals surface area contributed by atoms with Crippen LogP contribution in [-0.4, -0.2) is 17.5 Å². The SMILES string of the molecule is COc1cccc2c1CSC(C)C[C@H]2O. The van der Waals surface area contributed by atoms with Crippen molar-refractivity contribution in [1.29, 1.82) is 0 Å². The van der Waals surface area contributed by atoms with E-state index in [4.69, 9.17) is 4.74 Å². The predicted octanol–water partition coefficient (Wildman–Crippen LogP) is 2.75. The molecule has 0 aliphatic carbocycles. The van der Waals surface area contributed by atoms with Crippen LogP contribution in [0.4, 0.5) is 0 Å². The first-order valence-electron chi connectivity index (χ1n) is 5.18. The van der Waals surface area contributed by atoms with E-state index >= 15 is 0 Å². The highest BCUT2D eigenvalue weighted by Crippen LogP contribution is 2.38. The summed E-state index contributed by atoms with van der Waals surface area (Å²) in [6, 6.07) is 5.91. The highest BCUT2D eigenvalue weighted by molar-refractivity contribution is 7.99. The zero-order valence-corrected chi connectivity index (χ0v) is 9.88. The van der Waals surface area contributed by atoms with Crippen molar-refractivity contribution in [1.82, 2.24) is 0 Å². The molecule has 1 aliphatic heterocycles. The van der Waals surface area contributed by atoms with Crippen molar-refractivity contribution < 1.29 is 9.84 Å². The fourth-order valence-corrected chi connectivity index (χ4v) is 3.05. The Morgan fingerprint density at radius 3 is 3.00 bits per heavy atom. The van der Waals surface area contributed by atoms with Gasteiger partial charge in [-0.15, -0.1) is 0 Å². The molecule has 2 nitrogen and oxygen atoms in total. The number of ether oxygens (including phenoxy) is 1. The summed E-state index contributed by atoms with van der Waals surface area (Å²) in [6.45, 7) is 2.16. The van der Waals surface area contributed by atoms with Gasteiger partial charge in [-0.3, -0.25) is 0 Å². The molecule has 2 atom stereocenters. The van der Waals surface area contributed by atoms with E-state index in [1.807, 2.05) is 30.0 Å². The molecule has 0 bridgehead atoms. The average Bonchev–Trinajstić information content (AvgIpc) is 2.38. The molecule has 0 saturated carbocycles. The second-order valence-corrected chi connectivity index (χ2v) is 5.33. The summed E-state index contributed by atoms with van der Waals surface area (Å²) in [5.41, 5.74) is 2.19. The number of aliphatic hydroxyl groups excluding tert-OH is 1. The average molecular weight is 224 g/mol. The fourth-order valence-electron chi connectivity index (χ4n) is 1.98. The van der Waals surface area contributed by atoms with Crippen LogP contribution in [0.15, 0.2) is 18.2 Å². The molecule has 0 aromatic heterocycles. The highest BCUT2D eigenvalue weighted by atomic mass is 32.2. The Labute approximate surface area is 94.6 Å². The highest BCUT2D eigenvalue weighted by Gasteiger charge is 2.22. The van der Waals surface area contributed by atoms with E-state index in [1.54, 1.807) is 7.11 Å². The minimum absolute atomic E-state index is 0.347. The summed E-state index contributed by atoms with van der Waals surface area (Å²) in [5, 5.41) is 10.6. The molecule has 0 radical (unpaired) electrons. The van der Waals surface area contributed by atoms with E-state index in [0.717, 1.165) is 29.1 Å². The number of rotatable bonds is 1. The monoisotopic (exact) mass is 224 g/mol. The molecule has 1 unspecified atom stereocenters. The molecule has 1 aromatic rings. The van der Waals surface area contributed by atoms with Gasteiger partial charge in [0.2, 0.25) is 0 Å². The van der Waals surface area contributed by atoms with E-state index in [-0.39, 0.29) is 6.10 Å². The number of benzene rings is 1. The van der Waals surface area contributed by atoms with Crippen LogP contribution in [-0.2, 0) is 5.75 Å². The summed E-state index contributed by atoms with van der Waals surface area (Å²) in [4.78, 5) is 0. The molecule has 0 spiro atoms. The second kappa shape index (κ2) is 4.45. The lowest BCUT2D eigenvalue weighted by molar-refractivity contribution is 0.168. The van der Waals surface area contributed by atoms with Gasteiger partial charge >= 0.3 is 0 Å². The van der Waals surface area contributed by atoms with Gasteiger partial charge in [0.25, 0.3) is 0 Å². The minimum Gasteiger partial charge on any atom is -0.496 e. The minimum atomic E-state index is -0.347. The normalized spacial score (nSPS) is 25.5. The van der Waals surface area contributed by atoms with Crippen LogP contribution >= 0.6 is 11.8 Å². The van der Waals surface area contributed by atoms with Crippen molar-refractivity contribution in [3.63, 3.8) is 0 Å². The van der Waals surface area contributed by atoms with Gasteiger partial charge < -0.3 is 9.84 Å². The number of hydrogen-bond donors (Lipinski definition) is 1.